The normalized spacial score (nSPS) is 14.0. The molecule has 0 atom stereocenters. The maximum Gasteiger partial charge on any atom is 0.416 e. The van der Waals surface area contributed by atoms with Gasteiger partial charge in [0.1, 0.15) is 0 Å². The molecule has 1 saturated heterocycles. The quantitative estimate of drug-likeness (QED) is 0.576. The molecule has 0 radical (unpaired) electrons. The minimum atomic E-state index is -4.51. The van der Waals surface area contributed by atoms with Crippen molar-refractivity contribution in [2.24, 2.45) is 0 Å². The van der Waals surface area contributed by atoms with Crippen LogP contribution < -0.4 is 11.2 Å². The monoisotopic (exact) mass is 478 g/mol. The molecule has 11 heteroatoms. The highest BCUT2D eigenvalue weighted by Gasteiger charge is 2.30. The fourth-order valence-electron chi connectivity index (χ4n) is 3.59. The van der Waals surface area contributed by atoms with E-state index in [0.717, 1.165) is 34.2 Å². The van der Waals surface area contributed by atoms with Gasteiger partial charge in [-0.25, -0.2) is 4.79 Å². The molecule has 0 aliphatic carbocycles. The summed E-state index contributed by atoms with van der Waals surface area (Å²) in [6, 6.07) is 10.2. The molecule has 0 unspecified atom stereocenters. The summed E-state index contributed by atoms with van der Waals surface area (Å²) < 4.78 is 40.3. The van der Waals surface area contributed by atoms with E-state index >= 15 is 0 Å². The van der Waals surface area contributed by atoms with Crippen molar-refractivity contribution < 1.29 is 18.0 Å². The van der Waals surface area contributed by atoms with Crippen molar-refractivity contribution in [2.45, 2.75) is 25.6 Å². The van der Waals surface area contributed by atoms with E-state index in [1.54, 1.807) is 0 Å². The van der Waals surface area contributed by atoms with E-state index in [4.69, 9.17) is 11.6 Å². The lowest BCUT2D eigenvalue weighted by molar-refractivity contribution is -0.137. The van der Waals surface area contributed by atoms with Gasteiger partial charge in [-0.3, -0.25) is 14.2 Å². The van der Waals surface area contributed by atoms with Gasteiger partial charge in [0.2, 0.25) is 5.69 Å². The first-order valence-electron chi connectivity index (χ1n) is 10.1. The zero-order valence-electron chi connectivity index (χ0n) is 17.2. The lowest BCUT2D eigenvalue weighted by atomic mass is 10.1. The van der Waals surface area contributed by atoms with Crippen molar-refractivity contribution in [3.63, 3.8) is 0 Å². The molecule has 3 aromatic rings. The third-order valence-electron chi connectivity index (χ3n) is 5.35. The minimum Gasteiger partial charge on any atom is -0.337 e. The molecular formula is C22H18ClF3N4O3. The smallest absolute Gasteiger partial charge is 0.337 e. The Labute approximate surface area is 190 Å². The van der Waals surface area contributed by atoms with E-state index < -0.39 is 34.6 Å². The molecule has 4 rings (SSSR count). The predicted octanol–water partition coefficient (Wildman–Crippen LogP) is 3.35. The molecule has 172 valence electrons. The minimum absolute atomic E-state index is 0.279. The van der Waals surface area contributed by atoms with Crippen LogP contribution in [-0.2, 0) is 12.7 Å². The topological polar surface area (TPSA) is 77.2 Å². The number of amides is 1. The molecular weight excluding hydrogens is 461 g/mol. The summed E-state index contributed by atoms with van der Waals surface area (Å²) in [6.45, 7) is 0.615. The summed E-state index contributed by atoms with van der Waals surface area (Å²) >= 11 is 5.91. The first-order valence-corrected chi connectivity index (χ1v) is 10.5. The number of hydrogen-bond acceptors (Lipinski definition) is 4. The third-order valence-corrected chi connectivity index (χ3v) is 5.60. The van der Waals surface area contributed by atoms with Crippen LogP contribution in [0.4, 0.5) is 13.2 Å². The van der Waals surface area contributed by atoms with Crippen molar-refractivity contribution in [1.82, 2.24) is 19.2 Å². The number of hydrogen-bond donors (Lipinski definition) is 0. The second-order valence-corrected chi connectivity index (χ2v) is 8.04. The zero-order valence-corrected chi connectivity index (χ0v) is 17.9. The highest BCUT2D eigenvalue weighted by molar-refractivity contribution is 6.30. The van der Waals surface area contributed by atoms with Crippen molar-refractivity contribution >= 4 is 17.5 Å². The van der Waals surface area contributed by atoms with Gasteiger partial charge in [0.25, 0.3) is 11.5 Å². The van der Waals surface area contributed by atoms with Crippen LogP contribution in [0.15, 0.2) is 58.1 Å². The molecule has 1 aromatic heterocycles. The maximum atomic E-state index is 13.1. The summed E-state index contributed by atoms with van der Waals surface area (Å²) in [5.41, 5.74) is -2.45. The zero-order chi connectivity index (χ0) is 23.8. The highest BCUT2D eigenvalue weighted by Crippen LogP contribution is 2.29. The predicted molar refractivity (Wildman–Crippen MR) is 115 cm³/mol. The van der Waals surface area contributed by atoms with Crippen LogP contribution in [0.25, 0.3) is 5.69 Å². The van der Waals surface area contributed by atoms with Gasteiger partial charge in [-0.05, 0) is 54.8 Å². The molecule has 0 N–H and O–H groups in total. The molecule has 1 fully saturated rings. The molecule has 1 aliphatic heterocycles. The van der Waals surface area contributed by atoms with Gasteiger partial charge in [0.15, 0.2) is 0 Å². The van der Waals surface area contributed by atoms with E-state index in [1.165, 1.54) is 41.3 Å². The molecule has 0 saturated carbocycles. The lowest BCUT2D eigenvalue weighted by Gasteiger charge is -2.17. The molecule has 7 nitrogen and oxygen atoms in total. The molecule has 2 aromatic carbocycles. The number of rotatable bonds is 4. The van der Waals surface area contributed by atoms with Gasteiger partial charge in [-0.2, -0.15) is 23.0 Å². The fourth-order valence-corrected chi connectivity index (χ4v) is 3.72. The van der Waals surface area contributed by atoms with Gasteiger partial charge in [-0.1, -0.05) is 23.7 Å². The summed E-state index contributed by atoms with van der Waals surface area (Å²) in [7, 11) is 0. The summed E-state index contributed by atoms with van der Waals surface area (Å²) in [6.07, 6.45) is -2.92. The molecule has 33 heavy (non-hydrogen) atoms. The summed E-state index contributed by atoms with van der Waals surface area (Å²) in [4.78, 5) is 40.7. The summed E-state index contributed by atoms with van der Waals surface area (Å²) in [5, 5.41) is 4.47. The van der Waals surface area contributed by atoms with Crippen LogP contribution in [0.2, 0.25) is 5.02 Å². The van der Waals surface area contributed by atoms with Crippen LogP contribution in [0.5, 0.6) is 0 Å². The Morgan fingerprint density at radius 1 is 0.970 bits per heavy atom. The largest absolute Gasteiger partial charge is 0.416 e. The number of carbonyl (C=O) groups excluding carboxylic acids is 1. The van der Waals surface area contributed by atoms with Crippen molar-refractivity contribution in [1.29, 1.82) is 0 Å². The Hall–Kier alpha value is -3.40. The number of carbonyl (C=O) groups is 1. The standard InChI is InChI=1S/C22H18ClF3N4O3/c23-16-7-9-17(10-8-16)30-21(33)29(13-14-3-5-15(6-4-14)22(24,25)26)20(32)18(27-30)19(31)28-11-1-2-12-28/h3-10H,1-2,11-13H2. The SMILES string of the molecule is O=C(c1nn(-c2ccc(Cl)cc2)c(=O)n(Cc2ccc(C(F)(F)F)cc2)c1=O)N1CCCC1. The third kappa shape index (κ3) is 4.70. The number of likely N-dealkylation sites (tertiary alicyclic amines) is 1. The van der Waals surface area contributed by atoms with E-state index in [2.05, 4.69) is 5.10 Å². The van der Waals surface area contributed by atoms with E-state index in [-0.39, 0.29) is 17.8 Å². The number of nitrogens with zero attached hydrogens (tertiary/aromatic N) is 4. The van der Waals surface area contributed by atoms with Crippen LogP contribution in [0.3, 0.4) is 0 Å². The lowest BCUT2D eigenvalue weighted by Crippen LogP contribution is -2.46. The Morgan fingerprint density at radius 3 is 2.15 bits per heavy atom. The summed E-state index contributed by atoms with van der Waals surface area (Å²) in [5.74, 6) is -0.596. The molecule has 1 aliphatic rings. The Morgan fingerprint density at radius 2 is 1.58 bits per heavy atom. The highest BCUT2D eigenvalue weighted by atomic mass is 35.5. The molecule has 1 amide bonds. The Bertz CT molecular complexity index is 1290. The van der Waals surface area contributed by atoms with Crippen LogP contribution in [0.1, 0.15) is 34.5 Å². The van der Waals surface area contributed by atoms with E-state index in [0.29, 0.717) is 18.1 Å². The van der Waals surface area contributed by atoms with Gasteiger partial charge in [0, 0.05) is 18.1 Å². The van der Waals surface area contributed by atoms with E-state index in [1.807, 2.05) is 0 Å². The van der Waals surface area contributed by atoms with Gasteiger partial charge in [-0.15, -0.1) is 0 Å². The van der Waals surface area contributed by atoms with E-state index in [9.17, 15) is 27.6 Å². The van der Waals surface area contributed by atoms with Crippen molar-refractivity contribution in [3.05, 3.63) is 91.2 Å². The number of alkyl halides is 3. The van der Waals surface area contributed by atoms with Crippen molar-refractivity contribution in [2.75, 3.05) is 13.1 Å². The second-order valence-electron chi connectivity index (χ2n) is 7.60. The van der Waals surface area contributed by atoms with Crippen LogP contribution >= 0.6 is 11.6 Å². The fraction of sp³-hybridized carbons (Fsp3) is 0.273. The van der Waals surface area contributed by atoms with Crippen LogP contribution in [-0.4, -0.2) is 38.2 Å². The number of aromatic nitrogens is 3. The van der Waals surface area contributed by atoms with Crippen LogP contribution in [0, 0.1) is 0 Å². The average Bonchev–Trinajstić information content (AvgIpc) is 3.32. The first kappa shape index (κ1) is 22.8. The molecule has 0 bridgehead atoms. The maximum absolute atomic E-state index is 13.1. The first-order chi connectivity index (χ1) is 15.6. The average molecular weight is 479 g/mol. The van der Waals surface area contributed by atoms with Gasteiger partial charge >= 0.3 is 11.9 Å². The number of halogens is 4. The van der Waals surface area contributed by atoms with Gasteiger partial charge < -0.3 is 4.90 Å². The number of benzene rings is 2. The molecule has 0 spiro atoms. The van der Waals surface area contributed by atoms with Gasteiger partial charge in [0.05, 0.1) is 17.8 Å². The Kier molecular flexibility index (Phi) is 6.11. The van der Waals surface area contributed by atoms with Crippen molar-refractivity contribution in [3.8, 4) is 5.69 Å². The molecule has 2 heterocycles. The second kappa shape index (κ2) is 8.86. The Balaban J connectivity index is 1.82.